The van der Waals surface area contributed by atoms with Gasteiger partial charge in [-0.05, 0) is 5.92 Å². The Morgan fingerprint density at radius 1 is 1.82 bits per heavy atom. The van der Waals surface area contributed by atoms with E-state index in [-0.39, 0.29) is 6.04 Å². The van der Waals surface area contributed by atoms with Crippen molar-refractivity contribution in [2.75, 3.05) is 13.1 Å². The van der Waals surface area contributed by atoms with Crippen LogP contribution in [0.3, 0.4) is 0 Å². The van der Waals surface area contributed by atoms with E-state index in [9.17, 15) is 9.90 Å². The number of carboxylic acids is 1. The van der Waals surface area contributed by atoms with Crippen LogP contribution < -0.4 is 10.0 Å². The van der Waals surface area contributed by atoms with Gasteiger partial charge in [-0.2, -0.15) is 0 Å². The molecule has 1 fully saturated rings. The van der Waals surface area contributed by atoms with Crippen molar-refractivity contribution >= 4 is 5.97 Å². The third-order valence-electron chi connectivity index (χ3n) is 2.10. The standard InChI is InChI=1S/C8H11NO2/c1-2-5-9-6-3-4-7(9)8(10)11/h1,7H,3-6H2,(H,10,11)/t7-/m0/s1. The van der Waals surface area contributed by atoms with E-state index in [2.05, 4.69) is 5.92 Å². The number of hydrogen-bond acceptors (Lipinski definition) is 2. The van der Waals surface area contributed by atoms with Crippen molar-refractivity contribution in [1.29, 1.82) is 0 Å². The van der Waals surface area contributed by atoms with Crippen molar-refractivity contribution in [3.05, 3.63) is 0 Å². The number of carboxylic acid groups (broad SMARTS) is 1. The second-order valence-electron chi connectivity index (χ2n) is 2.80. The predicted molar refractivity (Wildman–Crippen MR) is 37.6 cm³/mol. The highest BCUT2D eigenvalue weighted by Crippen LogP contribution is 1.97. The Kier molecular flexibility index (Phi) is 2.50. The van der Waals surface area contributed by atoms with Gasteiger partial charge < -0.3 is 14.8 Å². The molecule has 1 heterocycles. The largest absolute Gasteiger partial charge is 0.544 e. The lowest BCUT2D eigenvalue weighted by molar-refractivity contribution is -0.898. The molecule has 0 aromatic rings. The first-order valence-electron chi connectivity index (χ1n) is 3.74. The zero-order valence-corrected chi connectivity index (χ0v) is 6.30. The number of likely N-dealkylation sites (tertiary alicyclic amines) is 1. The monoisotopic (exact) mass is 153 g/mol. The van der Waals surface area contributed by atoms with E-state index in [1.54, 1.807) is 0 Å². The number of terminal acetylenes is 1. The second kappa shape index (κ2) is 3.40. The Hall–Kier alpha value is -1.01. The molecule has 0 amide bonds. The molecule has 0 aromatic heterocycles. The zero-order chi connectivity index (χ0) is 8.27. The molecule has 2 atom stereocenters. The third kappa shape index (κ3) is 1.72. The summed E-state index contributed by atoms with van der Waals surface area (Å²) in [6.45, 7) is 1.36. The molecule has 0 spiro atoms. The van der Waals surface area contributed by atoms with E-state index in [0.29, 0.717) is 13.0 Å². The molecule has 3 nitrogen and oxygen atoms in total. The molecule has 0 aliphatic carbocycles. The SMILES string of the molecule is C#CC[NH+]1CCC[C@H]1C(=O)[O-]. The lowest BCUT2D eigenvalue weighted by atomic mass is 10.2. The van der Waals surface area contributed by atoms with Crippen LogP contribution in [0.25, 0.3) is 0 Å². The highest BCUT2D eigenvalue weighted by Gasteiger charge is 2.28. The summed E-state index contributed by atoms with van der Waals surface area (Å²) >= 11 is 0. The van der Waals surface area contributed by atoms with Crippen molar-refractivity contribution in [3.63, 3.8) is 0 Å². The molecule has 1 saturated heterocycles. The number of quaternary nitrogens is 1. The maximum Gasteiger partial charge on any atom is 0.139 e. The summed E-state index contributed by atoms with van der Waals surface area (Å²) in [6.07, 6.45) is 6.73. The van der Waals surface area contributed by atoms with Gasteiger partial charge in [0.2, 0.25) is 0 Å². The van der Waals surface area contributed by atoms with E-state index in [0.717, 1.165) is 17.9 Å². The molecule has 0 bridgehead atoms. The molecule has 0 radical (unpaired) electrons. The van der Waals surface area contributed by atoms with Gasteiger partial charge in [0.25, 0.3) is 0 Å². The zero-order valence-electron chi connectivity index (χ0n) is 6.30. The van der Waals surface area contributed by atoms with Crippen LogP contribution in [0.2, 0.25) is 0 Å². The average Bonchev–Trinajstić information content (AvgIpc) is 2.36. The number of carbonyl (C=O) groups is 1. The van der Waals surface area contributed by atoms with Gasteiger partial charge in [0.05, 0.1) is 12.5 Å². The third-order valence-corrected chi connectivity index (χ3v) is 2.10. The highest BCUT2D eigenvalue weighted by atomic mass is 16.4. The van der Waals surface area contributed by atoms with Crippen LogP contribution in [0.1, 0.15) is 12.8 Å². The quantitative estimate of drug-likeness (QED) is 0.443. The van der Waals surface area contributed by atoms with E-state index in [1.807, 2.05) is 0 Å². The van der Waals surface area contributed by atoms with E-state index >= 15 is 0 Å². The summed E-state index contributed by atoms with van der Waals surface area (Å²) in [7, 11) is 0. The van der Waals surface area contributed by atoms with Gasteiger partial charge >= 0.3 is 0 Å². The van der Waals surface area contributed by atoms with Gasteiger partial charge in [-0.15, -0.1) is 6.42 Å². The first-order valence-corrected chi connectivity index (χ1v) is 3.74. The first kappa shape index (κ1) is 8.09. The van der Waals surface area contributed by atoms with Crippen LogP contribution in [0.15, 0.2) is 0 Å². The van der Waals surface area contributed by atoms with Crippen molar-refractivity contribution < 1.29 is 14.8 Å². The summed E-state index contributed by atoms with van der Waals surface area (Å²) in [5.74, 6) is 1.50. The predicted octanol–water partition coefficient (Wildman–Crippen LogP) is -2.58. The van der Waals surface area contributed by atoms with Gasteiger partial charge in [-0.3, -0.25) is 0 Å². The van der Waals surface area contributed by atoms with E-state index in [1.165, 1.54) is 0 Å². The lowest BCUT2D eigenvalue weighted by Gasteiger charge is -2.19. The van der Waals surface area contributed by atoms with Crippen LogP contribution in [-0.2, 0) is 4.79 Å². The minimum atomic E-state index is -0.965. The number of carbonyl (C=O) groups excluding carboxylic acids is 1. The fourth-order valence-corrected chi connectivity index (χ4v) is 1.54. The van der Waals surface area contributed by atoms with Crippen LogP contribution >= 0.6 is 0 Å². The first-order chi connectivity index (χ1) is 5.25. The molecule has 11 heavy (non-hydrogen) atoms. The van der Waals surface area contributed by atoms with Crippen molar-refractivity contribution in [2.45, 2.75) is 18.9 Å². The normalized spacial score (nSPS) is 29.7. The van der Waals surface area contributed by atoms with E-state index < -0.39 is 5.97 Å². The van der Waals surface area contributed by atoms with Crippen molar-refractivity contribution in [2.24, 2.45) is 0 Å². The Labute approximate surface area is 66.0 Å². The topological polar surface area (TPSA) is 44.6 Å². The molecule has 0 aromatic carbocycles. The molecule has 60 valence electrons. The van der Waals surface area contributed by atoms with Crippen LogP contribution in [0.4, 0.5) is 0 Å². The van der Waals surface area contributed by atoms with Gasteiger partial charge in [0.15, 0.2) is 0 Å². The maximum absolute atomic E-state index is 10.5. The number of nitrogens with one attached hydrogen (secondary N) is 1. The molecule has 1 aliphatic rings. The molecule has 3 heteroatoms. The van der Waals surface area contributed by atoms with Crippen molar-refractivity contribution in [1.82, 2.24) is 0 Å². The summed E-state index contributed by atoms with van der Waals surface area (Å²) in [5.41, 5.74) is 0. The molecule has 1 rings (SSSR count). The second-order valence-corrected chi connectivity index (χ2v) is 2.80. The molecule has 0 saturated carbocycles. The molecule has 1 unspecified atom stereocenters. The Morgan fingerprint density at radius 3 is 3.09 bits per heavy atom. The molecule has 1 aliphatic heterocycles. The molecule has 1 N–H and O–H groups in total. The maximum atomic E-state index is 10.5. The summed E-state index contributed by atoms with van der Waals surface area (Å²) in [6, 6.07) is -0.369. The Morgan fingerprint density at radius 2 is 2.55 bits per heavy atom. The van der Waals surface area contributed by atoms with Crippen molar-refractivity contribution in [3.8, 4) is 12.3 Å². The van der Waals surface area contributed by atoms with Gasteiger partial charge in [0, 0.05) is 12.8 Å². The van der Waals surface area contributed by atoms with Crippen LogP contribution in [0, 0.1) is 12.3 Å². The molecular formula is C8H11NO2. The summed E-state index contributed by atoms with van der Waals surface area (Å²) in [4.78, 5) is 11.5. The lowest BCUT2D eigenvalue weighted by Crippen LogP contribution is -3.15. The minimum Gasteiger partial charge on any atom is -0.544 e. The molecular weight excluding hydrogens is 142 g/mol. The number of rotatable bonds is 2. The van der Waals surface area contributed by atoms with Gasteiger partial charge in [-0.1, -0.05) is 0 Å². The fourth-order valence-electron chi connectivity index (χ4n) is 1.54. The average molecular weight is 153 g/mol. The minimum absolute atomic E-state index is 0.369. The van der Waals surface area contributed by atoms with Crippen LogP contribution in [-0.4, -0.2) is 25.1 Å². The van der Waals surface area contributed by atoms with Crippen LogP contribution in [0.5, 0.6) is 0 Å². The fraction of sp³-hybridized carbons (Fsp3) is 0.625. The summed E-state index contributed by atoms with van der Waals surface area (Å²) < 4.78 is 0. The van der Waals surface area contributed by atoms with Gasteiger partial charge in [-0.25, -0.2) is 0 Å². The number of aliphatic carboxylic acids is 1. The Bertz CT molecular complexity index is 195. The number of hydrogen-bond donors (Lipinski definition) is 1. The highest BCUT2D eigenvalue weighted by molar-refractivity contribution is 5.69. The summed E-state index contributed by atoms with van der Waals surface area (Å²) in [5, 5.41) is 10.5. The van der Waals surface area contributed by atoms with E-state index in [4.69, 9.17) is 6.42 Å². The Balaban J connectivity index is 2.52. The van der Waals surface area contributed by atoms with Gasteiger partial charge in [0.1, 0.15) is 12.6 Å². The smallest absolute Gasteiger partial charge is 0.139 e.